The number of hydrogen-bond donors (Lipinski definition) is 2. The number of allylic oxidation sites excluding steroid dienone is 5. The van der Waals surface area contributed by atoms with E-state index in [-0.39, 0.29) is 6.42 Å². The third kappa shape index (κ3) is 11.8. The summed E-state index contributed by atoms with van der Waals surface area (Å²) in [5.41, 5.74) is 0. The van der Waals surface area contributed by atoms with Crippen molar-refractivity contribution in [1.82, 2.24) is 5.32 Å². The van der Waals surface area contributed by atoms with Crippen LogP contribution in [-0.2, 0) is 4.79 Å². The summed E-state index contributed by atoms with van der Waals surface area (Å²) < 4.78 is 0. The summed E-state index contributed by atoms with van der Waals surface area (Å²) in [6, 6.07) is 1.49. The highest BCUT2D eigenvalue weighted by molar-refractivity contribution is 5.66. The second kappa shape index (κ2) is 13.1. The zero-order valence-electron chi connectivity index (χ0n) is 14.5. The van der Waals surface area contributed by atoms with Crippen molar-refractivity contribution >= 4 is 5.97 Å². The van der Waals surface area contributed by atoms with Gasteiger partial charge in [-0.15, -0.1) is 0 Å². The fraction of sp³-hybridized carbons (Fsp3) is 0.650. The number of carbonyl (C=O) groups is 1. The van der Waals surface area contributed by atoms with Crippen LogP contribution >= 0.6 is 0 Å². The average Bonchev–Trinajstić information content (AvgIpc) is 3.27. The van der Waals surface area contributed by atoms with Gasteiger partial charge in [0.15, 0.2) is 0 Å². The van der Waals surface area contributed by atoms with Crippen molar-refractivity contribution in [3.8, 4) is 0 Å². The van der Waals surface area contributed by atoms with E-state index in [0.29, 0.717) is 0 Å². The Balaban J connectivity index is 1.90. The minimum Gasteiger partial charge on any atom is -0.481 e. The molecule has 0 aromatic heterocycles. The van der Waals surface area contributed by atoms with Crippen molar-refractivity contribution in [3.05, 3.63) is 36.5 Å². The lowest BCUT2D eigenvalue weighted by atomic mass is 10.1. The molecule has 0 aromatic carbocycles. The maximum absolute atomic E-state index is 10.3. The van der Waals surface area contributed by atoms with Crippen LogP contribution in [0.2, 0.25) is 0 Å². The van der Waals surface area contributed by atoms with Crippen LogP contribution in [0.25, 0.3) is 0 Å². The Kier molecular flexibility index (Phi) is 11.2. The predicted octanol–water partition coefficient (Wildman–Crippen LogP) is 5.00. The van der Waals surface area contributed by atoms with Gasteiger partial charge in [-0.2, -0.15) is 0 Å². The molecular formula is C20H33NO2. The molecule has 1 aliphatic heterocycles. The van der Waals surface area contributed by atoms with Gasteiger partial charge in [0.05, 0.1) is 0 Å². The van der Waals surface area contributed by atoms with Crippen molar-refractivity contribution in [2.24, 2.45) is 0 Å². The summed E-state index contributed by atoms with van der Waals surface area (Å²) in [4.78, 5) is 10.3. The van der Waals surface area contributed by atoms with Crippen LogP contribution in [0.4, 0.5) is 0 Å². The number of aliphatic carboxylic acids is 1. The molecule has 2 unspecified atom stereocenters. The van der Waals surface area contributed by atoms with E-state index >= 15 is 0 Å². The number of rotatable bonds is 14. The second-order valence-corrected chi connectivity index (χ2v) is 6.28. The van der Waals surface area contributed by atoms with Crippen LogP contribution in [0.1, 0.15) is 71.1 Å². The van der Waals surface area contributed by atoms with Crippen LogP contribution in [0, 0.1) is 0 Å². The van der Waals surface area contributed by atoms with E-state index in [9.17, 15) is 4.79 Å². The lowest BCUT2D eigenvalue weighted by Crippen LogP contribution is -1.92. The highest BCUT2D eigenvalue weighted by Crippen LogP contribution is 2.21. The van der Waals surface area contributed by atoms with Crippen molar-refractivity contribution in [2.75, 3.05) is 0 Å². The molecule has 1 heterocycles. The number of nitrogens with one attached hydrogen (secondary N) is 1. The number of carboxylic acids is 1. The van der Waals surface area contributed by atoms with Crippen LogP contribution in [0.15, 0.2) is 36.5 Å². The smallest absolute Gasteiger partial charge is 0.303 e. The molecule has 3 heteroatoms. The third-order valence-electron chi connectivity index (χ3n) is 4.12. The fourth-order valence-electron chi connectivity index (χ4n) is 2.62. The molecule has 0 spiro atoms. The zero-order chi connectivity index (χ0) is 16.8. The Morgan fingerprint density at radius 2 is 1.65 bits per heavy atom. The van der Waals surface area contributed by atoms with Gasteiger partial charge in [0.25, 0.3) is 0 Å². The molecule has 3 nitrogen and oxygen atoms in total. The van der Waals surface area contributed by atoms with E-state index < -0.39 is 5.97 Å². The van der Waals surface area contributed by atoms with Crippen molar-refractivity contribution in [2.45, 2.75) is 83.2 Å². The number of unbranched alkanes of at least 4 members (excludes halogenated alkanes) is 3. The zero-order valence-corrected chi connectivity index (χ0v) is 14.5. The van der Waals surface area contributed by atoms with Gasteiger partial charge in [0, 0.05) is 18.5 Å². The number of carboxylic acid groups (broad SMARTS) is 1. The van der Waals surface area contributed by atoms with Gasteiger partial charge in [-0.25, -0.2) is 0 Å². The minimum absolute atomic E-state index is 0.264. The summed E-state index contributed by atoms with van der Waals surface area (Å²) in [7, 11) is 0. The molecule has 2 N–H and O–H groups in total. The Hall–Kier alpha value is -1.35. The maximum atomic E-state index is 10.3. The monoisotopic (exact) mass is 319 g/mol. The summed E-state index contributed by atoms with van der Waals surface area (Å²) in [5.74, 6) is -0.709. The van der Waals surface area contributed by atoms with Crippen molar-refractivity contribution in [1.29, 1.82) is 0 Å². The Morgan fingerprint density at radius 1 is 0.957 bits per heavy atom. The molecule has 0 aromatic rings. The van der Waals surface area contributed by atoms with Gasteiger partial charge in [-0.05, 0) is 38.5 Å². The first-order valence-electron chi connectivity index (χ1n) is 9.17. The van der Waals surface area contributed by atoms with Gasteiger partial charge in [-0.1, -0.05) is 62.6 Å². The molecule has 0 aliphatic carbocycles. The fourth-order valence-corrected chi connectivity index (χ4v) is 2.62. The quantitative estimate of drug-likeness (QED) is 0.269. The molecule has 1 fully saturated rings. The molecule has 2 atom stereocenters. The normalized spacial score (nSPS) is 20.9. The second-order valence-electron chi connectivity index (χ2n) is 6.28. The summed E-state index contributed by atoms with van der Waals surface area (Å²) in [5, 5.41) is 12.1. The molecule has 1 saturated heterocycles. The Labute approximate surface area is 141 Å². The molecule has 1 rings (SSSR count). The molecule has 0 amide bonds. The third-order valence-corrected chi connectivity index (χ3v) is 4.12. The van der Waals surface area contributed by atoms with E-state index in [1.807, 2.05) is 0 Å². The van der Waals surface area contributed by atoms with E-state index in [4.69, 9.17) is 5.11 Å². The largest absolute Gasteiger partial charge is 0.481 e. The first-order chi connectivity index (χ1) is 11.2. The average molecular weight is 319 g/mol. The summed E-state index contributed by atoms with van der Waals surface area (Å²) >= 11 is 0. The highest BCUT2D eigenvalue weighted by Gasteiger charge is 2.33. The van der Waals surface area contributed by atoms with Crippen LogP contribution < -0.4 is 5.32 Å². The van der Waals surface area contributed by atoms with E-state index in [0.717, 1.165) is 44.2 Å². The number of hydrogen-bond acceptors (Lipinski definition) is 2. The van der Waals surface area contributed by atoms with Crippen molar-refractivity contribution < 1.29 is 9.90 Å². The molecule has 130 valence electrons. The van der Waals surface area contributed by atoms with Gasteiger partial charge >= 0.3 is 5.97 Å². The SMILES string of the molecule is CCCCCC1NC1CC=CCC=CCC=CCCCC(=O)O. The van der Waals surface area contributed by atoms with Gasteiger partial charge in [0.1, 0.15) is 0 Å². The molecule has 0 radical (unpaired) electrons. The Morgan fingerprint density at radius 3 is 2.35 bits per heavy atom. The minimum atomic E-state index is -0.709. The predicted molar refractivity (Wildman–Crippen MR) is 97.6 cm³/mol. The first-order valence-corrected chi connectivity index (χ1v) is 9.17. The topological polar surface area (TPSA) is 59.2 Å². The molecule has 0 bridgehead atoms. The first kappa shape index (κ1) is 19.7. The van der Waals surface area contributed by atoms with Gasteiger partial charge < -0.3 is 10.4 Å². The maximum Gasteiger partial charge on any atom is 0.303 e. The van der Waals surface area contributed by atoms with Crippen LogP contribution in [0.5, 0.6) is 0 Å². The summed E-state index contributed by atoms with van der Waals surface area (Å²) in [6.07, 6.45) is 23.4. The van der Waals surface area contributed by atoms with E-state index in [1.54, 1.807) is 0 Å². The van der Waals surface area contributed by atoms with Crippen LogP contribution in [0.3, 0.4) is 0 Å². The standard InChI is InChI=1S/C20H33NO2/c1-2-3-12-15-18-19(21-18)16-13-10-8-6-4-5-7-9-11-14-17-20(22)23/h4,6-7,9-10,13,18-19,21H,2-3,5,8,11-12,14-17H2,1H3,(H,22,23). The molecule has 0 saturated carbocycles. The van der Waals surface area contributed by atoms with E-state index in [1.165, 1.54) is 25.7 Å². The lowest BCUT2D eigenvalue weighted by molar-refractivity contribution is -0.137. The molecular weight excluding hydrogens is 286 g/mol. The Bertz CT molecular complexity index is 398. The van der Waals surface area contributed by atoms with Gasteiger partial charge in [0.2, 0.25) is 0 Å². The van der Waals surface area contributed by atoms with Gasteiger partial charge in [-0.3, -0.25) is 4.79 Å². The lowest BCUT2D eigenvalue weighted by Gasteiger charge is -1.94. The van der Waals surface area contributed by atoms with Crippen molar-refractivity contribution in [3.63, 3.8) is 0 Å². The molecule has 23 heavy (non-hydrogen) atoms. The molecule has 1 aliphatic rings. The van der Waals surface area contributed by atoms with E-state index in [2.05, 4.69) is 48.7 Å². The highest BCUT2D eigenvalue weighted by atomic mass is 16.4. The van der Waals surface area contributed by atoms with Crippen LogP contribution in [-0.4, -0.2) is 23.2 Å². The summed E-state index contributed by atoms with van der Waals surface area (Å²) in [6.45, 7) is 2.25.